The Hall–Kier alpha value is -2.78. The first kappa shape index (κ1) is 23.9. The molecule has 32 heavy (non-hydrogen) atoms. The molecule has 9 heteroatoms. The summed E-state index contributed by atoms with van der Waals surface area (Å²) in [5, 5.41) is 4.74. The Morgan fingerprint density at radius 1 is 1.09 bits per heavy atom. The number of anilines is 1. The van der Waals surface area contributed by atoms with E-state index in [1.165, 1.54) is 22.5 Å². The SMILES string of the molecule is Cc1ccc(C)c(S(=O)(=O)N2CCCC[C@@H]2CCNC(=O)C(=O)Nc2ccccc2F)c1. The van der Waals surface area contributed by atoms with Crippen molar-refractivity contribution in [2.45, 2.75) is 50.5 Å². The van der Waals surface area contributed by atoms with Gasteiger partial charge in [0.25, 0.3) is 0 Å². The van der Waals surface area contributed by atoms with Crippen LogP contribution in [0.2, 0.25) is 0 Å². The molecule has 0 spiro atoms. The third-order valence-electron chi connectivity index (χ3n) is 5.59. The van der Waals surface area contributed by atoms with Gasteiger partial charge in [-0.25, -0.2) is 12.8 Å². The number of hydrogen-bond acceptors (Lipinski definition) is 4. The lowest BCUT2D eigenvalue weighted by Gasteiger charge is -2.35. The van der Waals surface area contributed by atoms with Gasteiger partial charge in [-0.2, -0.15) is 4.31 Å². The van der Waals surface area contributed by atoms with E-state index >= 15 is 0 Å². The van der Waals surface area contributed by atoms with Gasteiger partial charge in [-0.05, 0) is 62.4 Å². The molecule has 1 aliphatic rings. The molecule has 7 nitrogen and oxygen atoms in total. The van der Waals surface area contributed by atoms with Crippen LogP contribution in [0.4, 0.5) is 10.1 Å². The first-order valence-electron chi connectivity index (χ1n) is 10.6. The van der Waals surface area contributed by atoms with Gasteiger partial charge in [0.1, 0.15) is 5.82 Å². The van der Waals surface area contributed by atoms with Crippen molar-refractivity contribution in [1.29, 1.82) is 0 Å². The van der Waals surface area contributed by atoms with E-state index in [1.807, 2.05) is 13.0 Å². The van der Waals surface area contributed by atoms with Crippen molar-refractivity contribution < 1.29 is 22.4 Å². The summed E-state index contributed by atoms with van der Waals surface area (Å²) in [6, 6.07) is 10.7. The maximum Gasteiger partial charge on any atom is 0.313 e. The molecule has 2 amide bonds. The highest BCUT2D eigenvalue weighted by molar-refractivity contribution is 7.89. The lowest BCUT2D eigenvalue weighted by Crippen LogP contribution is -2.46. The smallest absolute Gasteiger partial charge is 0.313 e. The van der Waals surface area contributed by atoms with E-state index in [9.17, 15) is 22.4 Å². The molecular formula is C23H28FN3O4S. The van der Waals surface area contributed by atoms with Crippen molar-refractivity contribution in [1.82, 2.24) is 9.62 Å². The summed E-state index contributed by atoms with van der Waals surface area (Å²) in [7, 11) is -3.68. The second-order valence-electron chi connectivity index (χ2n) is 8.01. The fourth-order valence-corrected chi connectivity index (χ4v) is 5.90. The molecule has 2 aromatic rings. The zero-order valence-corrected chi connectivity index (χ0v) is 19.0. The summed E-state index contributed by atoms with van der Waals surface area (Å²) in [4.78, 5) is 24.4. The number of benzene rings is 2. The zero-order chi connectivity index (χ0) is 23.3. The predicted molar refractivity (Wildman–Crippen MR) is 120 cm³/mol. The highest BCUT2D eigenvalue weighted by Gasteiger charge is 2.34. The number of amides is 2. The molecular weight excluding hydrogens is 433 g/mol. The molecule has 0 saturated carbocycles. The molecule has 0 aliphatic carbocycles. The van der Waals surface area contributed by atoms with E-state index in [0.29, 0.717) is 29.8 Å². The number of carbonyl (C=O) groups excluding carboxylic acids is 2. The fourth-order valence-electron chi connectivity index (χ4n) is 3.86. The average molecular weight is 462 g/mol. The second kappa shape index (κ2) is 10.2. The van der Waals surface area contributed by atoms with E-state index in [-0.39, 0.29) is 18.3 Å². The molecule has 1 saturated heterocycles. The Morgan fingerprint density at radius 2 is 1.84 bits per heavy atom. The Labute approximate surface area is 188 Å². The second-order valence-corrected chi connectivity index (χ2v) is 9.87. The van der Waals surface area contributed by atoms with E-state index in [4.69, 9.17) is 0 Å². The standard InChI is InChI=1S/C23H28FN3O4S/c1-16-10-11-17(2)21(15-16)32(30,31)27-14-6-5-7-18(27)12-13-25-22(28)23(29)26-20-9-4-3-8-19(20)24/h3-4,8-11,15,18H,5-7,12-14H2,1-2H3,(H,25,28)(H,26,29)/t18-/m1/s1. The minimum atomic E-state index is -3.68. The number of para-hydroxylation sites is 1. The summed E-state index contributed by atoms with van der Waals surface area (Å²) < 4.78 is 41.9. The van der Waals surface area contributed by atoms with E-state index in [2.05, 4.69) is 10.6 Å². The van der Waals surface area contributed by atoms with Crippen LogP contribution in [-0.4, -0.2) is 43.7 Å². The normalized spacial score (nSPS) is 17.0. The van der Waals surface area contributed by atoms with Gasteiger partial charge in [0.2, 0.25) is 10.0 Å². The quantitative estimate of drug-likeness (QED) is 0.646. The summed E-state index contributed by atoms with van der Waals surface area (Å²) in [5.41, 5.74) is 1.49. The Bertz CT molecular complexity index is 1100. The van der Waals surface area contributed by atoms with Gasteiger partial charge in [0.05, 0.1) is 10.6 Å². The number of rotatable bonds is 6. The lowest BCUT2D eigenvalue weighted by atomic mass is 10.0. The third-order valence-corrected chi connectivity index (χ3v) is 7.69. The van der Waals surface area contributed by atoms with Crippen molar-refractivity contribution in [2.24, 2.45) is 0 Å². The first-order chi connectivity index (χ1) is 15.2. The molecule has 1 heterocycles. The van der Waals surface area contributed by atoms with Gasteiger partial charge < -0.3 is 10.6 Å². The number of sulfonamides is 1. The van der Waals surface area contributed by atoms with Crippen molar-refractivity contribution in [3.8, 4) is 0 Å². The van der Waals surface area contributed by atoms with Crippen molar-refractivity contribution in [3.05, 3.63) is 59.4 Å². The van der Waals surface area contributed by atoms with Gasteiger partial charge in [0, 0.05) is 19.1 Å². The van der Waals surface area contributed by atoms with Gasteiger partial charge in [-0.15, -0.1) is 0 Å². The lowest BCUT2D eigenvalue weighted by molar-refractivity contribution is -0.136. The van der Waals surface area contributed by atoms with Crippen LogP contribution in [0, 0.1) is 19.7 Å². The van der Waals surface area contributed by atoms with Crippen LogP contribution in [0.3, 0.4) is 0 Å². The largest absolute Gasteiger partial charge is 0.348 e. The summed E-state index contributed by atoms with van der Waals surface area (Å²) in [6.07, 6.45) is 2.73. The summed E-state index contributed by atoms with van der Waals surface area (Å²) in [6.45, 7) is 4.18. The number of nitrogens with zero attached hydrogens (tertiary/aromatic N) is 1. The predicted octanol–water partition coefficient (Wildman–Crippen LogP) is 3.13. The van der Waals surface area contributed by atoms with Crippen molar-refractivity contribution in [3.63, 3.8) is 0 Å². The highest BCUT2D eigenvalue weighted by atomic mass is 32.2. The molecule has 1 aliphatic heterocycles. The molecule has 0 bridgehead atoms. The highest BCUT2D eigenvalue weighted by Crippen LogP contribution is 2.29. The Kier molecular flexibility index (Phi) is 7.63. The van der Waals surface area contributed by atoms with E-state index in [1.54, 1.807) is 25.1 Å². The number of aryl methyl sites for hydroxylation is 2. The molecule has 3 rings (SSSR count). The summed E-state index contributed by atoms with van der Waals surface area (Å²) in [5.74, 6) is -2.50. The van der Waals surface area contributed by atoms with Gasteiger partial charge in [0.15, 0.2) is 0 Å². The fraction of sp³-hybridized carbons (Fsp3) is 0.391. The number of halogens is 1. The molecule has 1 atom stereocenters. The molecule has 172 valence electrons. The topological polar surface area (TPSA) is 95.6 Å². The van der Waals surface area contributed by atoms with Gasteiger partial charge in [-0.1, -0.05) is 30.7 Å². The van der Waals surface area contributed by atoms with Gasteiger partial charge in [-0.3, -0.25) is 9.59 Å². The zero-order valence-electron chi connectivity index (χ0n) is 18.2. The molecule has 0 unspecified atom stereocenters. The van der Waals surface area contributed by atoms with E-state index < -0.39 is 27.7 Å². The molecule has 2 aromatic carbocycles. The first-order valence-corrected chi connectivity index (χ1v) is 12.1. The minimum Gasteiger partial charge on any atom is -0.348 e. The number of hydrogen-bond donors (Lipinski definition) is 2. The summed E-state index contributed by atoms with van der Waals surface area (Å²) >= 11 is 0. The van der Waals surface area contributed by atoms with Crippen molar-refractivity contribution >= 4 is 27.5 Å². The van der Waals surface area contributed by atoms with Crippen LogP contribution in [0.15, 0.2) is 47.4 Å². The molecule has 2 N–H and O–H groups in total. The average Bonchev–Trinajstić information content (AvgIpc) is 2.77. The van der Waals surface area contributed by atoms with Crippen LogP contribution in [0.25, 0.3) is 0 Å². The Balaban J connectivity index is 1.62. The molecule has 0 aromatic heterocycles. The Morgan fingerprint density at radius 3 is 2.59 bits per heavy atom. The number of piperidine rings is 1. The number of nitrogens with one attached hydrogen (secondary N) is 2. The molecule has 0 radical (unpaired) electrons. The maximum atomic E-state index is 13.6. The van der Waals surface area contributed by atoms with Crippen LogP contribution in [-0.2, 0) is 19.6 Å². The maximum absolute atomic E-state index is 13.6. The van der Waals surface area contributed by atoms with Crippen LogP contribution < -0.4 is 10.6 Å². The minimum absolute atomic E-state index is 0.0780. The third kappa shape index (κ3) is 5.52. The molecule has 1 fully saturated rings. The number of carbonyl (C=O) groups is 2. The van der Waals surface area contributed by atoms with Crippen LogP contribution >= 0.6 is 0 Å². The van der Waals surface area contributed by atoms with Crippen molar-refractivity contribution in [2.75, 3.05) is 18.4 Å². The van der Waals surface area contributed by atoms with Gasteiger partial charge >= 0.3 is 11.8 Å². The monoisotopic (exact) mass is 461 g/mol. The van der Waals surface area contributed by atoms with Crippen LogP contribution in [0.5, 0.6) is 0 Å². The van der Waals surface area contributed by atoms with E-state index in [0.717, 1.165) is 18.4 Å². The van der Waals surface area contributed by atoms with Crippen LogP contribution in [0.1, 0.15) is 36.8 Å².